The quantitative estimate of drug-likeness (QED) is 0.375. The summed E-state index contributed by atoms with van der Waals surface area (Å²) in [5.41, 5.74) is 6.30. The third-order valence-electron chi connectivity index (χ3n) is 2.61. The Morgan fingerprint density at radius 2 is 2.22 bits per heavy atom. The molecule has 0 spiro atoms. The van der Waals surface area contributed by atoms with Crippen LogP contribution in [0.3, 0.4) is 0 Å². The summed E-state index contributed by atoms with van der Waals surface area (Å²) in [5.74, 6) is -0.238. The van der Waals surface area contributed by atoms with Gasteiger partial charge in [-0.2, -0.15) is 0 Å². The fraction of sp³-hybridized carbons (Fsp3) is 0.417. The number of nitrogens with two attached hydrogens (primary N) is 1. The number of rotatable bonds is 5. The van der Waals surface area contributed by atoms with Gasteiger partial charge in [0.1, 0.15) is 5.82 Å². The molecule has 0 bridgehead atoms. The number of hydrogen-bond donors (Lipinski definition) is 2. The van der Waals surface area contributed by atoms with E-state index in [1.54, 1.807) is 6.07 Å². The fourth-order valence-electron chi connectivity index (χ4n) is 1.53. The molecular weight excluding hydrogens is 257 g/mol. The molecule has 0 aliphatic carbocycles. The van der Waals surface area contributed by atoms with Crippen molar-refractivity contribution in [3.8, 4) is 0 Å². The lowest BCUT2D eigenvalue weighted by Gasteiger charge is -2.26. The zero-order valence-electron chi connectivity index (χ0n) is 10.4. The first kappa shape index (κ1) is 14.7. The molecule has 18 heavy (non-hydrogen) atoms. The first-order valence-corrected chi connectivity index (χ1v) is 5.96. The molecular formula is C12H17ClFN3O. The fourth-order valence-corrected chi connectivity index (χ4v) is 1.76. The van der Waals surface area contributed by atoms with Crippen LogP contribution in [0.15, 0.2) is 23.4 Å². The number of halogens is 2. The Labute approximate surface area is 111 Å². The summed E-state index contributed by atoms with van der Waals surface area (Å²) >= 11 is 5.97. The second-order valence-electron chi connectivity index (χ2n) is 4.33. The Kier molecular flexibility index (Phi) is 5.37. The van der Waals surface area contributed by atoms with Gasteiger partial charge in [0.05, 0.1) is 6.54 Å². The molecule has 3 N–H and O–H groups in total. The molecule has 0 aliphatic rings. The zero-order valence-corrected chi connectivity index (χ0v) is 11.2. The highest BCUT2D eigenvalue weighted by Gasteiger charge is 2.14. The number of oxime groups is 1. The predicted octanol–water partition coefficient (Wildman–Crippen LogP) is 2.44. The SMILES string of the molecule is CC(C)N(CC(N)=NO)Cc1ccc(F)cc1Cl. The van der Waals surface area contributed by atoms with E-state index in [2.05, 4.69) is 5.16 Å². The molecule has 0 heterocycles. The van der Waals surface area contributed by atoms with Crippen molar-refractivity contribution >= 4 is 17.4 Å². The normalized spacial score (nSPS) is 12.4. The van der Waals surface area contributed by atoms with Crippen LogP contribution >= 0.6 is 11.6 Å². The van der Waals surface area contributed by atoms with E-state index in [-0.39, 0.29) is 17.7 Å². The molecule has 6 heteroatoms. The van der Waals surface area contributed by atoms with Gasteiger partial charge in [-0.25, -0.2) is 4.39 Å². The van der Waals surface area contributed by atoms with E-state index in [1.807, 2.05) is 18.7 Å². The van der Waals surface area contributed by atoms with E-state index in [4.69, 9.17) is 22.5 Å². The third-order valence-corrected chi connectivity index (χ3v) is 2.96. The minimum Gasteiger partial charge on any atom is -0.409 e. The highest BCUT2D eigenvalue weighted by atomic mass is 35.5. The van der Waals surface area contributed by atoms with E-state index in [1.165, 1.54) is 12.1 Å². The number of amidine groups is 1. The largest absolute Gasteiger partial charge is 0.409 e. The van der Waals surface area contributed by atoms with E-state index in [0.29, 0.717) is 18.1 Å². The topological polar surface area (TPSA) is 61.8 Å². The molecule has 0 aliphatic heterocycles. The van der Waals surface area contributed by atoms with Gasteiger partial charge < -0.3 is 10.9 Å². The first-order chi connectivity index (χ1) is 8.43. The van der Waals surface area contributed by atoms with Crippen molar-refractivity contribution in [3.05, 3.63) is 34.6 Å². The summed E-state index contributed by atoms with van der Waals surface area (Å²) in [4.78, 5) is 1.97. The Hall–Kier alpha value is -1.33. The van der Waals surface area contributed by atoms with Gasteiger partial charge in [-0.05, 0) is 31.5 Å². The highest BCUT2D eigenvalue weighted by Crippen LogP contribution is 2.19. The minimum absolute atomic E-state index is 0.127. The number of benzene rings is 1. The predicted molar refractivity (Wildman–Crippen MR) is 70.4 cm³/mol. The molecule has 1 aromatic rings. The summed E-state index contributed by atoms with van der Waals surface area (Å²) in [5, 5.41) is 11.9. The van der Waals surface area contributed by atoms with Crippen LogP contribution in [-0.2, 0) is 6.54 Å². The lowest BCUT2D eigenvalue weighted by molar-refractivity contribution is 0.238. The lowest BCUT2D eigenvalue weighted by atomic mass is 10.2. The van der Waals surface area contributed by atoms with E-state index in [9.17, 15) is 4.39 Å². The Morgan fingerprint density at radius 1 is 1.56 bits per heavy atom. The molecule has 0 unspecified atom stereocenters. The Balaban J connectivity index is 2.83. The number of nitrogens with zero attached hydrogens (tertiary/aromatic N) is 2. The van der Waals surface area contributed by atoms with Crippen LogP contribution in [0.2, 0.25) is 5.02 Å². The number of hydrogen-bond acceptors (Lipinski definition) is 3. The molecule has 0 atom stereocenters. The molecule has 1 aromatic carbocycles. The van der Waals surface area contributed by atoms with Crippen molar-refractivity contribution in [2.45, 2.75) is 26.4 Å². The summed E-state index contributed by atoms with van der Waals surface area (Å²) in [6.07, 6.45) is 0. The van der Waals surface area contributed by atoms with Crippen LogP contribution in [0.5, 0.6) is 0 Å². The van der Waals surface area contributed by atoms with Gasteiger partial charge in [0, 0.05) is 17.6 Å². The van der Waals surface area contributed by atoms with Gasteiger partial charge in [-0.15, -0.1) is 0 Å². The van der Waals surface area contributed by atoms with Crippen molar-refractivity contribution in [2.75, 3.05) is 6.54 Å². The maximum atomic E-state index is 12.9. The molecule has 0 radical (unpaired) electrons. The van der Waals surface area contributed by atoms with Gasteiger partial charge in [0.15, 0.2) is 5.84 Å². The van der Waals surface area contributed by atoms with Crippen molar-refractivity contribution in [2.24, 2.45) is 10.9 Å². The van der Waals surface area contributed by atoms with Gasteiger partial charge in [-0.1, -0.05) is 22.8 Å². The summed E-state index contributed by atoms with van der Waals surface area (Å²) in [6.45, 7) is 4.80. The molecule has 0 aromatic heterocycles. The monoisotopic (exact) mass is 273 g/mol. The van der Waals surface area contributed by atoms with Crippen LogP contribution in [0, 0.1) is 5.82 Å². The van der Waals surface area contributed by atoms with E-state index >= 15 is 0 Å². The molecule has 0 amide bonds. The third kappa shape index (κ3) is 4.16. The van der Waals surface area contributed by atoms with Gasteiger partial charge in [0.2, 0.25) is 0 Å². The second kappa shape index (κ2) is 6.56. The van der Waals surface area contributed by atoms with Gasteiger partial charge >= 0.3 is 0 Å². The molecule has 0 saturated carbocycles. The minimum atomic E-state index is -0.365. The highest BCUT2D eigenvalue weighted by molar-refractivity contribution is 6.31. The van der Waals surface area contributed by atoms with Crippen molar-refractivity contribution in [3.63, 3.8) is 0 Å². The molecule has 4 nitrogen and oxygen atoms in total. The zero-order chi connectivity index (χ0) is 13.7. The maximum absolute atomic E-state index is 12.9. The lowest BCUT2D eigenvalue weighted by Crippen LogP contribution is -2.38. The Morgan fingerprint density at radius 3 is 2.72 bits per heavy atom. The summed E-state index contributed by atoms with van der Waals surface area (Å²) in [7, 11) is 0. The Bertz CT molecular complexity index is 437. The summed E-state index contributed by atoms with van der Waals surface area (Å²) < 4.78 is 12.9. The van der Waals surface area contributed by atoms with Crippen LogP contribution in [0.25, 0.3) is 0 Å². The maximum Gasteiger partial charge on any atom is 0.153 e. The molecule has 0 saturated heterocycles. The molecule has 1 rings (SSSR count). The van der Waals surface area contributed by atoms with Gasteiger partial charge in [-0.3, -0.25) is 4.90 Å². The standard InChI is InChI=1S/C12H17ClFN3O/c1-8(2)17(7-12(15)16-18)6-9-3-4-10(14)5-11(9)13/h3-5,8,18H,6-7H2,1-2H3,(H2,15,16). The van der Waals surface area contributed by atoms with Crippen LogP contribution in [-0.4, -0.2) is 28.5 Å². The smallest absolute Gasteiger partial charge is 0.153 e. The van der Waals surface area contributed by atoms with E-state index < -0.39 is 0 Å². The van der Waals surface area contributed by atoms with E-state index in [0.717, 1.165) is 5.56 Å². The molecule has 0 fully saturated rings. The average Bonchev–Trinajstić information content (AvgIpc) is 2.30. The summed E-state index contributed by atoms with van der Waals surface area (Å²) in [6, 6.07) is 4.47. The average molecular weight is 274 g/mol. The van der Waals surface area contributed by atoms with Crippen LogP contribution < -0.4 is 5.73 Å². The van der Waals surface area contributed by atoms with Crippen molar-refractivity contribution < 1.29 is 9.60 Å². The van der Waals surface area contributed by atoms with Crippen molar-refractivity contribution in [1.82, 2.24) is 4.90 Å². The first-order valence-electron chi connectivity index (χ1n) is 5.58. The van der Waals surface area contributed by atoms with Gasteiger partial charge in [0.25, 0.3) is 0 Å². The van der Waals surface area contributed by atoms with Crippen molar-refractivity contribution in [1.29, 1.82) is 0 Å². The molecule has 100 valence electrons. The van der Waals surface area contributed by atoms with Crippen LogP contribution in [0.4, 0.5) is 4.39 Å². The van der Waals surface area contributed by atoms with Crippen LogP contribution in [0.1, 0.15) is 19.4 Å². The second-order valence-corrected chi connectivity index (χ2v) is 4.73.